The zero-order chi connectivity index (χ0) is 20.2. The normalized spacial score (nSPS) is 11.1. The summed E-state index contributed by atoms with van der Waals surface area (Å²) in [6, 6.07) is 21.9. The Morgan fingerprint density at radius 3 is 2.55 bits per heavy atom. The summed E-state index contributed by atoms with van der Waals surface area (Å²) >= 11 is 1.22. The van der Waals surface area contributed by atoms with Crippen molar-refractivity contribution in [3.8, 4) is 11.5 Å². The molecular weight excluding hydrogens is 382 g/mol. The van der Waals surface area contributed by atoms with Gasteiger partial charge in [0.15, 0.2) is 0 Å². The summed E-state index contributed by atoms with van der Waals surface area (Å²) in [4.78, 5) is 12.2. The molecule has 5 nitrogen and oxygen atoms in total. The maximum absolute atomic E-state index is 12.2. The van der Waals surface area contributed by atoms with Gasteiger partial charge in [-0.1, -0.05) is 74.1 Å². The summed E-state index contributed by atoms with van der Waals surface area (Å²) in [7, 11) is 0. The van der Waals surface area contributed by atoms with Gasteiger partial charge in [0, 0.05) is 11.3 Å². The van der Waals surface area contributed by atoms with Gasteiger partial charge in [-0.05, 0) is 40.5 Å². The minimum absolute atomic E-state index is 0.114. The minimum atomic E-state index is -0.114. The van der Waals surface area contributed by atoms with Gasteiger partial charge in [-0.15, -0.1) is 10.2 Å². The summed E-state index contributed by atoms with van der Waals surface area (Å²) in [5.41, 5.74) is 2.91. The van der Waals surface area contributed by atoms with E-state index in [0.717, 1.165) is 22.0 Å². The molecular formula is C23H21N3O2S. The van der Waals surface area contributed by atoms with Crippen LogP contribution in [0.1, 0.15) is 25.3 Å². The fourth-order valence-electron chi connectivity index (χ4n) is 3.06. The smallest absolute Gasteiger partial charge is 0.277 e. The van der Waals surface area contributed by atoms with Crippen molar-refractivity contribution in [2.75, 3.05) is 11.1 Å². The number of benzene rings is 3. The lowest BCUT2D eigenvalue weighted by Gasteiger charge is -2.07. The monoisotopic (exact) mass is 403 g/mol. The van der Waals surface area contributed by atoms with Crippen LogP contribution in [0, 0.1) is 0 Å². The Morgan fingerprint density at radius 1 is 1.00 bits per heavy atom. The third-order valence-corrected chi connectivity index (χ3v) is 5.43. The molecule has 0 fully saturated rings. The Labute approximate surface area is 173 Å². The van der Waals surface area contributed by atoms with Crippen molar-refractivity contribution >= 4 is 34.1 Å². The molecule has 146 valence electrons. The zero-order valence-corrected chi connectivity index (χ0v) is 17.1. The predicted molar refractivity (Wildman–Crippen MR) is 117 cm³/mol. The number of thioether (sulfide) groups is 1. The number of nitrogens with one attached hydrogen (secondary N) is 1. The molecule has 0 spiro atoms. The highest BCUT2D eigenvalue weighted by molar-refractivity contribution is 7.99. The lowest BCUT2D eigenvalue weighted by molar-refractivity contribution is -0.113. The molecule has 6 heteroatoms. The van der Waals surface area contributed by atoms with Crippen LogP contribution in [0.15, 0.2) is 76.4 Å². The molecule has 1 N–H and O–H groups in total. The van der Waals surface area contributed by atoms with Gasteiger partial charge in [-0.3, -0.25) is 4.79 Å². The van der Waals surface area contributed by atoms with E-state index < -0.39 is 0 Å². The number of carbonyl (C=O) groups excluding carboxylic acids is 1. The Morgan fingerprint density at radius 2 is 1.76 bits per heavy atom. The molecule has 1 heterocycles. The van der Waals surface area contributed by atoms with E-state index in [1.165, 1.54) is 17.3 Å². The third kappa shape index (κ3) is 4.49. The van der Waals surface area contributed by atoms with E-state index in [0.29, 0.717) is 17.0 Å². The van der Waals surface area contributed by atoms with E-state index in [9.17, 15) is 4.79 Å². The zero-order valence-electron chi connectivity index (χ0n) is 16.3. The van der Waals surface area contributed by atoms with Crippen LogP contribution in [0.25, 0.3) is 22.2 Å². The molecule has 29 heavy (non-hydrogen) atoms. The molecule has 0 saturated heterocycles. The molecule has 0 aliphatic heterocycles. The highest BCUT2D eigenvalue weighted by Gasteiger charge is 2.13. The second-order valence-electron chi connectivity index (χ2n) is 7.01. The molecule has 1 amide bonds. The standard InChI is InChI=1S/C23H21N3O2S/c1-15(2)16-10-12-18(13-11-16)24-21(27)14-29-23-26-25-22(28-23)20-9-5-7-17-6-3-4-8-19(17)20/h3-13,15H,14H2,1-2H3,(H,24,27). The Balaban J connectivity index is 1.40. The van der Waals surface area contributed by atoms with Gasteiger partial charge in [0.25, 0.3) is 5.22 Å². The van der Waals surface area contributed by atoms with Gasteiger partial charge < -0.3 is 9.73 Å². The van der Waals surface area contributed by atoms with Crippen LogP contribution in [-0.4, -0.2) is 21.9 Å². The summed E-state index contributed by atoms with van der Waals surface area (Å²) in [5, 5.41) is 13.7. The Hall–Kier alpha value is -3.12. The molecule has 0 aliphatic rings. The van der Waals surface area contributed by atoms with E-state index in [1.54, 1.807) is 0 Å². The molecule has 0 unspecified atom stereocenters. The average molecular weight is 404 g/mol. The van der Waals surface area contributed by atoms with Gasteiger partial charge in [0.05, 0.1) is 5.75 Å². The van der Waals surface area contributed by atoms with E-state index in [2.05, 4.69) is 29.4 Å². The van der Waals surface area contributed by atoms with Crippen LogP contribution in [0.4, 0.5) is 5.69 Å². The Bertz CT molecular complexity index is 1130. The average Bonchev–Trinajstić information content (AvgIpc) is 3.21. The summed E-state index contributed by atoms with van der Waals surface area (Å²) in [6.45, 7) is 4.28. The van der Waals surface area contributed by atoms with Gasteiger partial charge in [-0.2, -0.15) is 0 Å². The van der Waals surface area contributed by atoms with Crippen molar-refractivity contribution in [2.24, 2.45) is 0 Å². The first-order chi connectivity index (χ1) is 14.1. The number of fused-ring (bicyclic) bond motifs is 1. The SMILES string of the molecule is CC(C)c1ccc(NC(=O)CSc2nnc(-c3cccc4ccccc34)o2)cc1. The molecule has 4 aromatic rings. The fourth-order valence-corrected chi connectivity index (χ4v) is 3.63. The molecule has 0 saturated carbocycles. The van der Waals surface area contributed by atoms with E-state index in [-0.39, 0.29) is 11.7 Å². The number of anilines is 1. The molecule has 0 aliphatic carbocycles. The molecule has 3 aromatic carbocycles. The van der Waals surface area contributed by atoms with Gasteiger partial charge in [0.1, 0.15) is 0 Å². The van der Waals surface area contributed by atoms with Crippen molar-refractivity contribution < 1.29 is 9.21 Å². The second-order valence-corrected chi connectivity index (χ2v) is 7.94. The third-order valence-electron chi connectivity index (χ3n) is 4.61. The van der Waals surface area contributed by atoms with Crippen LogP contribution in [0.3, 0.4) is 0 Å². The summed E-state index contributed by atoms with van der Waals surface area (Å²) in [6.07, 6.45) is 0. The maximum Gasteiger partial charge on any atom is 0.277 e. The quantitative estimate of drug-likeness (QED) is 0.416. The van der Waals surface area contributed by atoms with Crippen LogP contribution >= 0.6 is 11.8 Å². The van der Waals surface area contributed by atoms with Gasteiger partial charge in [0.2, 0.25) is 11.8 Å². The van der Waals surface area contributed by atoms with Crippen molar-refractivity contribution in [3.05, 3.63) is 72.3 Å². The van der Waals surface area contributed by atoms with Crippen molar-refractivity contribution in [1.82, 2.24) is 10.2 Å². The first-order valence-corrected chi connectivity index (χ1v) is 10.4. The second kappa shape index (κ2) is 8.49. The number of aromatic nitrogens is 2. The number of amides is 1. The molecule has 0 atom stereocenters. The van der Waals surface area contributed by atoms with Gasteiger partial charge >= 0.3 is 0 Å². The van der Waals surface area contributed by atoms with Crippen LogP contribution in [-0.2, 0) is 4.79 Å². The first-order valence-electron chi connectivity index (χ1n) is 9.44. The highest BCUT2D eigenvalue weighted by Crippen LogP contribution is 2.29. The molecule has 1 aromatic heterocycles. The topological polar surface area (TPSA) is 68.0 Å². The highest BCUT2D eigenvalue weighted by atomic mass is 32.2. The number of rotatable bonds is 6. The lowest BCUT2D eigenvalue weighted by Crippen LogP contribution is -2.14. The van der Waals surface area contributed by atoms with Gasteiger partial charge in [-0.25, -0.2) is 0 Å². The number of nitrogens with zero attached hydrogens (tertiary/aromatic N) is 2. The van der Waals surface area contributed by atoms with Crippen molar-refractivity contribution in [2.45, 2.75) is 25.0 Å². The molecule has 0 radical (unpaired) electrons. The van der Waals surface area contributed by atoms with E-state index in [1.807, 2.05) is 66.7 Å². The van der Waals surface area contributed by atoms with Crippen molar-refractivity contribution in [1.29, 1.82) is 0 Å². The first kappa shape index (κ1) is 19.2. The van der Waals surface area contributed by atoms with Crippen LogP contribution in [0.5, 0.6) is 0 Å². The summed E-state index contributed by atoms with van der Waals surface area (Å²) < 4.78 is 5.78. The van der Waals surface area contributed by atoms with E-state index in [4.69, 9.17) is 4.42 Å². The fraction of sp³-hybridized carbons (Fsp3) is 0.174. The number of carbonyl (C=O) groups is 1. The maximum atomic E-state index is 12.2. The summed E-state index contributed by atoms with van der Waals surface area (Å²) in [5.74, 6) is 0.998. The Kier molecular flexibility index (Phi) is 5.62. The predicted octanol–water partition coefficient (Wildman–Crippen LogP) is 5.74. The lowest BCUT2D eigenvalue weighted by atomic mass is 10.0. The molecule has 0 bridgehead atoms. The molecule has 4 rings (SSSR count). The minimum Gasteiger partial charge on any atom is -0.411 e. The van der Waals surface area contributed by atoms with Crippen LogP contribution < -0.4 is 5.32 Å². The number of hydrogen-bond donors (Lipinski definition) is 1. The van der Waals surface area contributed by atoms with Crippen LogP contribution in [0.2, 0.25) is 0 Å². The largest absolute Gasteiger partial charge is 0.411 e. The number of hydrogen-bond acceptors (Lipinski definition) is 5. The van der Waals surface area contributed by atoms with E-state index >= 15 is 0 Å². The van der Waals surface area contributed by atoms with Crippen molar-refractivity contribution in [3.63, 3.8) is 0 Å².